The third-order valence-electron chi connectivity index (χ3n) is 2.19. The lowest BCUT2D eigenvalue weighted by Gasteiger charge is -2.20. The van der Waals surface area contributed by atoms with E-state index in [2.05, 4.69) is 25.8 Å². The van der Waals surface area contributed by atoms with E-state index in [1.807, 2.05) is 0 Å². The molecule has 0 aromatic heterocycles. The van der Waals surface area contributed by atoms with Crippen molar-refractivity contribution in [2.75, 3.05) is 14.2 Å². The molecule has 2 unspecified atom stereocenters. The second-order valence-electron chi connectivity index (χ2n) is 3.60. The lowest BCUT2D eigenvalue weighted by Crippen LogP contribution is -2.34. The average molecular weight is 352 g/mol. The summed E-state index contributed by atoms with van der Waals surface area (Å²) in [6, 6.07) is 5.91. The molecule has 1 rings (SSSR count). The Hall–Kier alpha value is -0.880. The van der Waals surface area contributed by atoms with Gasteiger partial charge in [-0.05, 0) is 31.2 Å². The Morgan fingerprint density at radius 2 is 1.89 bits per heavy atom. The van der Waals surface area contributed by atoms with Crippen LogP contribution in [0.15, 0.2) is 28.7 Å². The molecule has 0 fully saturated rings. The predicted octanol–water partition coefficient (Wildman–Crippen LogP) is 2.73. The van der Waals surface area contributed by atoms with Crippen LogP contribution in [0.5, 0.6) is 5.75 Å². The molecule has 2 atom stereocenters. The van der Waals surface area contributed by atoms with Gasteiger partial charge in [0.15, 0.2) is 0 Å². The molecule has 1 N–H and O–H groups in total. The molecule has 8 heteroatoms. The Balaban J connectivity index is 2.77. The molecule has 0 aliphatic rings. The number of hydrogen-bond donors (Lipinski definition) is 1. The summed E-state index contributed by atoms with van der Waals surface area (Å²) in [6.07, 6.45) is 0. The van der Waals surface area contributed by atoms with Gasteiger partial charge in [0.05, 0.1) is 7.11 Å². The normalized spacial score (nSPS) is 15.4. The maximum Gasteiger partial charge on any atom is 0.459 e. The van der Waals surface area contributed by atoms with Crippen molar-refractivity contribution in [3.05, 3.63) is 28.7 Å². The zero-order valence-electron chi connectivity index (χ0n) is 10.8. The van der Waals surface area contributed by atoms with Gasteiger partial charge in [0, 0.05) is 11.6 Å². The van der Waals surface area contributed by atoms with Gasteiger partial charge in [-0.2, -0.15) is 5.09 Å². The van der Waals surface area contributed by atoms with Crippen LogP contribution in [-0.4, -0.2) is 26.2 Å². The molecule has 0 heterocycles. The molecule has 0 saturated carbocycles. The summed E-state index contributed by atoms with van der Waals surface area (Å²) in [5.41, 5.74) is 0. The van der Waals surface area contributed by atoms with Crippen LogP contribution in [0.1, 0.15) is 6.92 Å². The Morgan fingerprint density at radius 3 is 2.37 bits per heavy atom. The zero-order chi connectivity index (χ0) is 14.5. The number of methoxy groups -OCH3 is 1. The van der Waals surface area contributed by atoms with Crippen molar-refractivity contribution >= 4 is 29.6 Å². The first-order valence-electron chi connectivity index (χ1n) is 5.37. The summed E-state index contributed by atoms with van der Waals surface area (Å²) in [7, 11) is -1.15. The van der Waals surface area contributed by atoms with Gasteiger partial charge in [0.2, 0.25) is 0 Å². The van der Waals surface area contributed by atoms with E-state index in [1.54, 1.807) is 24.3 Å². The maximum atomic E-state index is 12.3. The number of hydrogen-bond acceptors (Lipinski definition) is 5. The fourth-order valence-electron chi connectivity index (χ4n) is 1.22. The topological polar surface area (TPSA) is 73.9 Å². The van der Waals surface area contributed by atoms with E-state index in [4.69, 9.17) is 9.05 Å². The number of rotatable bonds is 6. The van der Waals surface area contributed by atoms with E-state index < -0.39 is 19.8 Å². The highest BCUT2D eigenvalue weighted by Crippen LogP contribution is 2.44. The first kappa shape index (κ1) is 16.2. The number of nitrogens with one attached hydrogen (secondary N) is 1. The van der Waals surface area contributed by atoms with Crippen molar-refractivity contribution < 1.29 is 23.1 Å². The lowest BCUT2D eigenvalue weighted by atomic mass is 10.3. The van der Waals surface area contributed by atoms with Crippen molar-refractivity contribution in [1.29, 1.82) is 0 Å². The molecule has 1 aromatic carbocycles. The molecule has 0 spiro atoms. The average Bonchev–Trinajstić information content (AvgIpc) is 2.40. The monoisotopic (exact) mass is 351 g/mol. The van der Waals surface area contributed by atoms with Gasteiger partial charge < -0.3 is 9.26 Å². The molecule has 0 bridgehead atoms. The molecular formula is C11H15BrNO5P. The smallest absolute Gasteiger partial charge is 0.459 e. The fourth-order valence-corrected chi connectivity index (χ4v) is 2.69. The van der Waals surface area contributed by atoms with Crippen LogP contribution in [0.3, 0.4) is 0 Å². The predicted molar refractivity (Wildman–Crippen MR) is 74.0 cm³/mol. The van der Waals surface area contributed by atoms with Gasteiger partial charge in [-0.25, -0.2) is 4.57 Å². The van der Waals surface area contributed by atoms with E-state index in [0.717, 1.165) is 4.47 Å². The van der Waals surface area contributed by atoms with Crippen LogP contribution in [-0.2, 0) is 18.6 Å². The quantitative estimate of drug-likeness (QED) is 0.627. The minimum atomic E-state index is -3.63. The zero-order valence-corrected chi connectivity index (χ0v) is 13.2. The number of carbonyl (C=O) groups is 1. The number of benzene rings is 1. The summed E-state index contributed by atoms with van der Waals surface area (Å²) in [5, 5.41) is 2.48. The summed E-state index contributed by atoms with van der Waals surface area (Å²) in [6.45, 7) is 1.50. The van der Waals surface area contributed by atoms with E-state index >= 15 is 0 Å². The van der Waals surface area contributed by atoms with E-state index in [9.17, 15) is 9.36 Å². The summed E-state index contributed by atoms with van der Waals surface area (Å²) in [5.74, 6) is -0.199. The van der Waals surface area contributed by atoms with Gasteiger partial charge in [-0.15, -0.1) is 0 Å². The van der Waals surface area contributed by atoms with Gasteiger partial charge >= 0.3 is 13.7 Å². The summed E-state index contributed by atoms with van der Waals surface area (Å²) >= 11 is 3.28. The molecule has 0 saturated heterocycles. The van der Waals surface area contributed by atoms with Crippen molar-refractivity contribution in [2.24, 2.45) is 0 Å². The summed E-state index contributed by atoms with van der Waals surface area (Å²) in [4.78, 5) is 11.3. The molecule has 0 radical (unpaired) electrons. The molecule has 0 amide bonds. The number of ether oxygens (including phenoxy) is 1. The van der Waals surface area contributed by atoms with E-state index in [0.29, 0.717) is 5.75 Å². The van der Waals surface area contributed by atoms with E-state index in [1.165, 1.54) is 21.1 Å². The second kappa shape index (κ2) is 7.05. The van der Waals surface area contributed by atoms with Crippen LogP contribution in [0, 0.1) is 0 Å². The molecule has 0 aliphatic heterocycles. The Labute approximate surface area is 120 Å². The first-order chi connectivity index (χ1) is 8.90. The number of carbonyl (C=O) groups excluding carboxylic acids is 1. The molecular weight excluding hydrogens is 337 g/mol. The molecule has 1 aromatic rings. The molecule has 106 valence electrons. The molecule has 19 heavy (non-hydrogen) atoms. The van der Waals surface area contributed by atoms with Crippen LogP contribution in [0.2, 0.25) is 0 Å². The highest BCUT2D eigenvalue weighted by atomic mass is 79.9. The standard InChI is InChI=1S/C11H15BrNO5P/c1-8(11(14)16-2)13-19(15,17-3)18-10-6-4-9(12)5-7-10/h4-8H,1-3H3,(H,13,15). The highest BCUT2D eigenvalue weighted by Gasteiger charge is 2.30. The van der Waals surface area contributed by atoms with Crippen molar-refractivity contribution in [3.63, 3.8) is 0 Å². The SMILES string of the molecule is COC(=O)C(C)NP(=O)(OC)Oc1ccc(Br)cc1. The Morgan fingerprint density at radius 1 is 1.32 bits per heavy atom. The Bertz CT molecular complexity index is 478. The van der Waals surface area contributed by atoms with Crippen molar-refractivity contribution in [1.82, 2.24) is 5.09 Å². The number of esters is 1. The van der Waals surface area contributed by atoms with Crippen molar-refractivity contribution in [3.8, 4) is 5.75 Å². The lowest BCUT2D eigenvalue weighted by molar-refractivity contribution is -0.142. The third-order valence-corrected chi connectivity index (χ3v) is 4.35. The van der Waals surface area contributed by atoms with Crippen LogP contribution in [0.4, 0.5) is 0 Å². The third kappa shape index (κ3) is 4.95. The van der Waals surface area contributed by atoms with Crippen LogP contribution < -0.4 is 9.61 Å². The Kier molecular flexibility index (Phi) is 6.00. The van der Waals surface area contributed by atoms with Gasteiger partial charge in [-0.1, -0.05) is 15.9 Å². The van der Waals surface area contributed by atoms with Crippen LogP contribution >= 0.6 is 23.7 Å². The second-order valence-corrected chi connectivity index (χ2v) is 6.32. The summed E-state index contributed by atoms with van der Waals surface area (Å²) < 4.78 is 27.8. The minimum Gasteiger partial charge on any atom is -0.468 e. The van der Waals surface area contributed by atoms with Crippen LogP contribution in [0.25, 0.3) is 0 Å². The largest absolute Gasteiger partial charge is 0.468 e. The first-order valence-corrected chi connectivity index (χ1v) is 7.70. The number of halogens is 1. The highest BCUT2D eigenvalue weighted by molar-refractivity contribution is 9.10. The minimum absolute atomic E-state index is 0.359. The van der Waals surface area contributed by atoms with Crippen molar-refractivity contribution in [2.45, 2.75) is 13.0 Å². The van der Waals surface area contributed by atoms with Gasteiger partial charge in [0.25, 0.3) is 0 Å². The maximum absolute atomic E-state index is 12.3. The van der Waals surface area contributed by atoms with Gasteiger partial charge in [-0.3, -0.25) is 9.32 Å². The van der Waals surface area contributed by atoms with Gasteiger partial charge in [0.1, 0.15) is 11.8 Å². The molecule has 6 nitrogen and oxygen atoms in total. The fraction of sp³-hybridized carbons (Fsp3) is 0.364. The van der Waals surface area contributed by atoms with E-state index in [-0.39, 0.29) is 0 Å². The molecule has 0 aliphatic carbocycles.